The van der Waals surface area contributed by atoms with Crippen molar-refractivity contribution >= 4 is 5.91 Å². The second kappa shape index (κ2) is 4.29. The van der Waals surface area contributed by atoms with E-state index in [0.717, 1.165) is 38.5 Å². The number of amides is 1. The van der Waals surface area contributed by atoms with Crippen LogP contribution in [-0.4, -0.2) is 39.6 Å². The Bertz CT molecular complexity index is 598. The topological polar surface area (TPSA) is 90.4 Å². The van der Waals surface area contributed by atoms with Crippen molar-refractivity contribution in [1.82, 2.24) is 4.90 Å². The van der Waals surface area contributed by atoms with Gasteiger partial charge in [0.15, 0.2) is 0 Å². The van der Waals surface area contributed by atoms with E-state index in [4.69, 9.17) is 5.73 Å². The normalized spacial score (nSPS) is 53.8. The van der Waals surface area contributed by atoms with Crippen molar-refractivity contribution in [3.05, 3.63) is 0 Å². The van der Waals surface area contributed by atoms with Crippen LogP contribution in [0, 0.1) is 34.5 Å². The third-order valence-corrected chi connectivity index (χ3v) is 7.51. The minimum Gasteiger partial charge on any atom is -0.390 e. The molecule has 8 atom stereocenters. The van der Waals surface area contributed by atoms with E-state index in [1.807, 2.05) is 0 Å². The molecule has 5 nitrogen and oxygen atoms in total. The molecule has 6 fully saturated rings. The summed E-state index contributed by atoms with van der Waals surface area (Å²) in [7, 11) is 0. The van der Waals surface area contributed by atoms with Crippen LogP contribution in [0.5, 0.6) is 0 Å². The van der Waals surface area contributed by atoms with Crippen molar-refractivity contribution in [2.75, 3.05) is 0 Å². The van der Waals surface area contributed by atoms with Gasteiger partial charge in [0.05, 0.1) is 17.7 Å². The molecular weight excluding hydrogens is 294 g/mol. The summed E-state index contributed by atoms with van der Waals surface area (Å²) in [6.45, 7) is 0. The largest absolute Gasteiger partial charge is 0.390 e. The average Bonchev–Trinajstić information content (AvgIpc) is 3.14. The summed E-state index contributed by atoms with van der Waals surface area (Å²) in [6.07, 6.45) is 7.48. The molecule has 124 valence electrons. The van der Waals surface area contributed by atoms with Crippen LogP contribution in [0.15, 0.2) is 0 Å². The van der Waals surface area contributed by atoms with Crippen molar-refractivity contribution in [2.24, 2.45) is 28.9 Å². The quantitative estimate of drug-likeness (QED) is 0.799. The lowest BCUT2D eigenvalue weighted by atomic mass is 9.51. The van der Waals surface area contributed by atoms with Crippen LogP contribution >= 0.6 is 0 Å². The lowest BCUT2D eigenvalue weighted by Crippen LogP contribution is -2.64. The molecule has 4 bridgehead atoms. The first-order chi connectivity index (χ1) is 10.9. The zero-order chi connectivity index (χ0) is 16.0. The molecule has 1 aliphatic heterocycles. The van der Waals surface area contributed by atoms with Gasteiger partial charge in [-0.1, -0.05) is 0 Å². The Balaban J connectivity index is 1.43. The molecule has 5 saturated carbocycles. The summed E-state index contributed by atoms with van der Waals surface area (Å²) in [5.41, 5.74) is 5.71. The summed E-state index contributed by atoms with van der Waals surface area (Å²) in [5, 5.41) is 20.2. The van der Waals surface area contributed by atoms with Gasteiger partial charge in [0.25, 0.3) is 0 Å². The van der Waals surface area contributed by atoms with Gasteiger partial charge < -0.3 is 15.7 Å². The Morgan fingerprint density at radius 2 is 1.91 bits per heavy atom. The number of hydrogen-bond donors (Lipinski definition) is 2. The first kappa shape index (κ1) is 14.2. The van der Waals surface area contributed by atoms with Gasteiger partial charge >= 0.3 is 0 Å². The molecule has 5 aliphatic carbocycles. The van der Waals surface area contributed by atoms with E-state index in [0.29, 0.717) is 24.2 Å². The van der Waals surface area contributed by atoms with Crippen LogP contribution < -0.4 is 5.73 Å². The third-order valence-electron chi connectivity index (χ3n) is 7.51. The lowest BCUT2D eigenvalue weighted by molar-refractivity contribution is -0.177. The highest BCUT2D eigenvalue weighted by atomic mass is 16.4. The first-order valence-electron chi connectivity index (χ1n) is 9.13. The van der Waals surface area contributed by atoms with Crippen molar-refractivity contribution in [3.8, 4) is 6.07 Å². The number of piperidine rings is 1. The Morgan fingerprint density at radius 3 is 2.52 bits per heavy atom. The van der Waals surface area contributed by atoms with Crippen molar-refractivity contribution < 1.29 is 9.90 Å². The molecule has 1 amide bonds. The van der Waals surface area contributed by atoms with E-state index in [2.05, 4.69) is 6.07 Å². The van der Waals surface area contributed by atoms with E-state index in [-0.39, 0.29) is 23.4 Å². The number of carbonyl (C=O) groups is 1. The Labute approximate surface area is 136 Å². The molecule has 6 aliphatic rings. The van der Waals surface area contributed by atoms with Crippen LogP contribution in [0.25, 0.3) is 0 Å². The summed E-state index contributed by atoms with van der Waals surface area (Å²) in [4.78, 5) is 14.9. The fourth-order valence-electron chi connectivity index (χ4n) is 6.96. The molecule has 2 unspecified atom stereocenters. The highest BCUT2D eigenvalue weighted by Crippen LogP contribution is 2.63. The lowest BCUT2D eigenvalue weighted by Gasteiger charge is -2.61. The molecular formula is C18H25N3O2. The van der Waals surface area contributed by atoms with Crippen LogP contribution in [0.3, 0.4) is 0 Å². The second-order valence-electron chi connectivity index (χ2n) is 9.21. The average molecular weight is 319 g/mol. The highest BCUT2D eigenvalue weighted by Gasteiger charge is 2.62. The Morgan fingerprint density at radius 1 is 1.22 bits per heavy atom. The van der Waals surface area contributed by atoms with Gasteiger partial charge in [-0.2, -0.15) is 5.26 Å². The minimum absolute atomic E-state index is 0.0212. The minimum atomic E-state index is -0.594. The highest BCUT2D eigenvalue weighted by molar-refractivity contribution is 5.84. The number of nitrogens with zero attached hydrogens (tertiary/aromatic N) is 2. The van der Waals surface area contributed by atoms with Gasteiger partial charge in [-0.15, -0.1) is 0 Å². The van der Waals surface area contributed by atoms with Gasteiger partial charge in [0, 0.05) is 6.04 Å². The summed E-state index contributed by atoms with van der Waals surface area (Å²) in [5.74, 6) is 1.56. The fraction of sp³-hybridized carbons (Fsp3) is 0.889. The molecule has 0 aromatic heterocycles. The number of nitrogens with two attached hydrogens (primary N) is 1. The second-order valence-corrected chi connectivity index (χ2v) is 9.21. The van der Waals surface area contributed by atoms with Gasteiger partial charge in [0.1, 0.15) is 6.04 Å². The predicted octanol–water partition coefficient (Wildman–Crippen LogP) is 1.16. The standard InChI is InChI=1S/C18H25N3O2/c19-8-13-2-12-3-14(12)21(13)16(22)15(20)17-4-10-1-11(5-17)7-18(23,6-10)9-17/h10-15,23H,1-7,9,20H2/t10-,11+,12-,13+,14+,15-,17?,18?/m1/s1/i15+2,16+2. The maximum atomic E-state index is 13.1. The number of fused-ring (bicyclic) bond motifs is 1. The van der Waals surface area contributed by atoms with Crippen LogP contribution in [0.4, 0.5) is 0 Å². The predicted molar refractivity (Wildman–Crippen MR) is 82.8 cm³/mol. The first-order valence-corrected chi connectivity index (χ1v) is 9.13. The molecule has 0 radical (unpaired) electrons. The van der Waals surface area contributed by atoms with Crippen LogP contribution in [-0.2, 0) is 4.79 Å². The van der Waals surface area contributed by atoms with Crippen molar-refractivity contribution in [1.29, 1.82) is 5.26 Å². The SMILES string of the molecule is N#C[C@@H]1C[C@@H]2C[C@@H]2N1[14C](=O)[14C@@H](N)C12C[C@@H]3C[C@@H](CC(O)(C3)C1)C2. The summed E-state index contributed by atoms with van der Waals surface area (Å²) >= 11 is 0. The molecule has 0 aromatic rings. The monoisotopic (exact) mass is 319 g/mol. The number of carbonyl (C=O) groups excluding carboxylic acids is 1. The third kappa shape index (κ3) is 1.88. The van der Waals surface area contributed by atoms with Crippen molar-refractivity contribution in [3.63, 3.8) is 0 Å². The van der Waals surface area contributed by atoms with Gasteiger partial charge in [-0.05, 0) is 74.5 Å². The van der Waals surface area contributed by atoms with Crippen LogP contribution in [0.1, 0.15) is 51.4 Å². The maximum Gasteiger partial charge on any atom is 0.241 e. The van der Waals surface area contributed by atoms with Gasteiger partial charge in [-0.3, -0.25) is 4.79 Å². The van der Waals surface area contributed by atoms with E-state index in [9.17, 15) is 15.2 Å². The summed E-state index contributed by atoms with van der Waals surface area (Å²) < 4.78 is 0. The molecule has 3 N–H and O–H groups in total. The number of likely N-dealkylation sites (tertiary alicyclic amines) is 1. The molecule has 1 saturated heterocycles. The fourth-order valence-corrected chi connectivity index (χ4v) is 6.96. The van der Waals surface area contributed by atoms with Gasteiger partial charge in [0.2, 0.25) is 5.91 Å². The van der Waals surface area contributed by atoms with Crippen LogP contribution in [0.2, 0.25) is 0 Å². The number of aliphatic hydroxyl groups is 1. The number of rotatable bonds is 2. The smallest absolute Gasteiger partial charge is 0.241 e. The molecule has 0 spiro atoms. The molecule has 1 heterocycles. The zero-order valence-electron chi connectivity index (χ0n) is 13.4. The van der Waals surface area contributed by atoms with E-state index < -0.39 is 11.6 Å². The maximum absolute atomic E-state index is 13.1. The Kier molecular flexibility index (Phi) is 2.65. The summed E-state index contributed by atoms with van der Waals surface area (Å²) in [6, 6.07) is 1.72. The van der Waals surface area contributed by atoms with E-state index >= 15 is 0 Å². The molecule has 5 heteroatoms. The van der Waals surface area contributed by atoms with E-state index in [1.54, 1.807) is 4.90 Å². The number of nitriles is 1. The Hall–Kier alpha value is -1.12. The number of hydrogen-bond acceptors (Lipinski definition) is 4. The molecule has 0 aromatic carbocycles. The zero-order valence-corrected chi connectivity index (χ0v) is 13.4. The van der Waals surface area contributed by atoms with Gasteiger partial charge in [-0.25, -0.2) is 0 Å². The van der Waals surface area contributed by atoms with E-state index in [1.165, 1.54) is 6.42 Å². The molecule has 6 rings (SSSR count). The molecule has 23 heavy (non-hydrogen) atoms. The van der Waals surface area contributed by atoms with Crippen molar-refractivity contribution in [2.45, 2.75) is 75.1 Å².